The van der Waals surface area contributed by atoms with Crippen LogP contribution in [0.2, 0.25) is 0 Å². The molecule has 3 aromatic rings. The van der Waals surface area contributed by atoms with Crippen molar-refractivity contribution < 1.29 is 14.2 Å². The number of non-ortho nitro benzene ring substituents is 1. The average Bonchev–Trinajstić information content (AvgIpc) is 3.16. The third kappa shape index (κ3) is 3.06. The summed E-state index contributed by atoms with van der Waals surface area (Å²) in [7, 11) is 0. The van der Waals surface area contributed by atoms with Crippen LogP contribution in [-0.4, -0.2) is 15.1 Å². The van der Waals surface area contributed by atoms with Crippen molar-refractivity contribution in [3.05, 3.63) is 57.0 Å². The van der Waals surface area contributed by atoms with Crippen molar-refractivity contribution in [2.45, 2.75) is 6.61 Å². The van der Waals surface area contributed by atoms with E-state index in [-0.39, 0.29) is 12.3 Å². The van der Waals surface area contributed by atoms with Gasteiger partial charge >= 0.3 is 0 Å². The molecule has 0 spiro atoms. The van der Waals surface area contributed by atoms with Gasteiger partial charge in [0, 0.05) is 17.5 Å². The summed E-state index contributed by atoms with van der Waals surface area (Å²) < 4.78 is 10.6. The monoisotopic (exact) mass is 303 g/mol. The van der Waals surface area contributed by atoms with Gasteiger partial charge in [-0.25, -0.2) is 0 Å². The predicted octanol–water partition coefficient (Wildman–Crippen LogP) is 3.29. The van der Waals surface area contributed by atoms with Gasteiger partial charge in [-0.3, -0.25) is 10.1 Å². The number of benzene rings is 1. The van der Waals surface area contributed by atoms with E-state index in [0.717, 1.165) is 5.56 Å². The minimum Gasteiger partial charge on any atom is -0.485 e. The molecule has 3 rings (SSSR count). The number of ether oxygens (including phenoxy) is 1. The van der Waals surface area contributed by atoms with Gasteiger partial charge in [0.2, 0.25) is 5.82 Å². The number of aromatic nitrogens is 2. The second-order valence-corrected chi connectivity index (χ2v) is 4.85. The molecule has 0 aliphatic heterocycles. The van der Waals surface area contributed by atoms with Gasteiger partial charge in [0.15, 0.2) is 6.61 Å². The third-order valence-electron chi connectivity index (χ3n) is 2.65. The Bertz CT molecular complexity index is 737. The quantitative estimate of drug-likeness (QED) is 0.530. The van der Waals surface area contributed by atoms with E-state index in [1.165, 1.54) is 24.3 Å². The lowest BCUT2D eigenvalue weighted by Crippen LogP contribution is -1.97. The molecule has 8 heteroatoms. The molecule has 0 saturated carbocycles. The van der Waals surface area contributed by atoms with Crippen LogP contribution in [0, 0.1) is 10.1 Å². The van der Waals surface area contributed by atoms with E-state index in [4.69, 9.17) is 9.26 Å². The highest BCUT2D eigenvalue weighted by Crippen LogP contribution is 2.21. The molecule has 0 amide bonds. The number of nitrogens with zero attached hydrogens (tertiary/aromatic N) is 3. The zero-order chi connectivity index (χ0) is 14.7. The second kappa shape index (κ2) is 5.71. The SMILES string of the molecule is O=[N+]([O-])c1ccc(OCc2noc(-c3ccsc3)n2)cc1. The van der Waals surface area contributed by atoms with Gasteiger partial charge in [-0.15, -0.1) is 0 Å². The molecule has 7 nitrogen and oxygen atoms in total. The van der Waals surface area contributed by atoms with E-state index in [9.17, 15) is 10.1 Å². The summed E-state index contributed by atoms with van der Waals surface area (Å²) >= 11 is 1.54. The molecule has 0 fully saturated rings. The minimum atomic E-state index is -0.462. The maximum Gasteiger partial charge on any atom is 0.269 e. The van der Waals surface area contributed by atoms with Gasteiger partial charge < -0.3 is 9.26 Å². The summed E-state index contributed by atoms with van der Waals surface area (Å²) in [4.78, 5) is 14.3. The van der Waals surface area contributed by atoms with Crippen LogP contribution < -0.4 is 4.74 Å². The van der Waals surface area contributed by atoms with Crippen molar-refractivity contribution in [2.75, 3.05) is 0 Å². The van der Waals surface area contributed by atoms with Crippen LogP contribution in [0.5, 0.6) is 5.75 Å². The molecule has 1 aromatic carbocycles. The smallest absolute Gasteiger partial charge is 0.269 e. The van der Waals surface area contributed by atoms with Crippen LogP contribution in [0.4, 0.5) is 5.69 Å². The molecule has 0 saturated heterocycles. The number of nitro groups is 1. The molecular weight excluding hydrogens is 294 g/mol. The Morgan fingerprint density at radius 3 is 2.76 bits per heavy atom. The molecular formula is C13H9N3O4S. The van der Waals surface area contributed by atoms with Crippen molar-refractivity contribution in [1.82, 2.24) is 10.1 Å². The average molecular weight is 303 g/mol. The van der Waals surface area contributed by atoms with Gasteiger partial charge in [0.25, 0.3) is 11.6 Å². The molecule has 0 aliphatic rings. The highest BCUT2D eigenvalue weighted by Gasteiger charge is 2.10. The Kier molecular flexibility index (Phi) is 3.61. The van der Waals surface area contributed by atoms with E-state index < -0.39 is 4.92 Å². The summed E-state index contributed by atoms with van der Waals surface area (Å²) in [5.74, 6) is 1.36. The molecule has 21 heavy (non-hydrogen) atoms. The zero-order valence-corrected chi connectivity index (χ0v) is 11.4. The number of thiophene rings is 1. The molecule has 106 valence electrons. The molecule has 0 bridgehead atoms. The lowest BCUT2D eigenvalue weighted by atomic mass is 10.3. The van der Waals surface area contributed by atoms with E-state index in [1.54, 1.807) is 11.3 Å². The fourth-order valence-corrected chi connectivity index (χ4v) is 2.26. The highest BCUT2D eigenvalue weighted by molar-refractivity contribution is 7.08. The minimum absolute atomic E-state index is 0.0154. The summed E-state index contributed by atoms with van der Waals surface area (Å²) in [6.07, 6.45) is 0. The molecule has 2 aromatic heterocycles. The van der Waals surface area contributed by atoms with Crippen molar-refractivity contribution in [2.24, 2.45) is 0 Å². The number of nitro benzene ring substituents is 1. The first kappa shape index (κ1) is 13.3. The zero-order valence-electron chi connectivity index (χ0n) is 10.6. The topological polar surface area (TPSA) is 91.3 Å². The predicted molar refractivity (Wildman–Crippen MR) is 75.0 cm³/mol. The molecule has 0 radical (unpaired) electrons. The molecule has 0 aliphatic carbocycles. The Morgan fingerprint density at radius 1 is 1.29 bits per heavy atom. The maximum absolute atomic E-state index is 10.5. The fraction of sp³-hybridized carbons (Fsp3) is 0.0769. The van der Waals surface area contributed by atoms with Gasteiger partial charge in [-0.1, -0.05) is 5.16 Å². The van der Waals surface area contributed by atoms with Crippen molar-refractivity contribution in [1.29, 1.82) is 0 Å². The van der Waals surface area contributed by atoms with Crippen LogP contribution in [0.3, 0.4) is 0 Å². The molecule has 0 N–H and O–H groups in total. The Hall–Kier alpha value is -2.74. The first-order valence-electron chi connectivity index (χ1n) is 5.95. The maximum atomic E-state index is 10.5. The molecule has 2 heterocycles. The summed E-state index contributed by atoms with van der Waals surface area (Å²) in [5, 5.41) is 18.2. The molecule has 0 atom stereocenters. The standard InChI is InChI=1S/C13H9N3O4S/c17-16(18)10-1-3-11(4-2-10)19-7-12-14-13(20-15-12)9-5-6-21-8-9/h1-6,8H,7H2. The van der Waals surface area contributed by atoms with Crippen molar-refractivity contribution >= 4 is 17.0 Å². The van der Waals surface area contributed by atoms with Crippen LogP contribution in [-0.2, 0) is 6.61 Å². The van der Waals surface area contributed by atoms with Crippen molar-refractivity contribution in [3.8, 4) is 17.2 Å². The normalized spacial score (nSPS) is 10.5. The van der Waals surface area contributed by atoms with Gasteiger partial charge in [0.05, 0.1) is 10.5 Å². The second-order valence-electron chi connectivity index (χ2n) is 4.07. The Morgan fingerprint density at radius 2 is 2.10 bits per heavy atom. The highest BCUT2D eigenvalue weighted by atomic mass is 32.1. The Labute approximate surface area is 123 Å². The van der Waals surface area contributed by atoms with Crippen LogP contribution in [0.25, 0.3) is 11.5 Å². The van der Waals surface area contributed by atoms with Crippen molar-refractivity contribution in [3.63, 3.8) is 0 Å². The van der Waals surface area contributed by atoms with E-state index in [1.807, 2.05) is 16.8 Å². The van der Waals surface area contributed by atoms with E-state index in [0.29, 0.717) is 17.5 Å². The lowest BCUT2D eigenvalue weighted by Gasteiger charge is -2.01. The van der Waals surface area contributed by atoms with E-state index >= 15 is 0 Å². The van der Waals surface area contributed by atoms with Gasteiger partial charge in [-0.2, -0.15) is 16.3 Å². The third-order valence-corrected chi connectivity index (χ3v) is 3.33. The van der Waals surface area contributed by atoms with Crippen LogP contribution in [0.1, 0.15) is 5.82 Å². The van der Waals surface area contributed by atoms with Crippen LogP contribution in [0.15, 0.2) is 45.6 Å². The van der Waals surface area contributed by atoms with Gasteiger partial charge in [-0.05, 0) is 23.6 Å². The lowest BCUT2D eigenvalue weighted by molar-refractivity contribution is -0.384. The van der Waals surface area contributed by atoms with E-state index in [2.05, 4.69) is 10.1 Å². The first-order chi connectivity index (χ1) is 10.2. The number of hydrogen-bond donors (Lipinski definition) is 0. The fourth-order valence-electron chi connectivity index (χ4n) is 1.63. The first-order valence-corrected chi connectivity index (χ1v) is 6.89. The molecule has 0 unspecified atom stereocenters. The summed E-state index contributed by atoms with van der Waals surface area (Å²) in [5.41, 5.74) is 0.885. The number of hydrogen-bond acceptors (Lipinski definition) is 7. The summed E-state index contributed by atoms with van der Waals surface area (Å²) in [6.45, 7) is 0.130. The van der Waals surface area contributed by atoms with Gasteiger partial charge in [0.1, 0.15) is 5.75 Å². The summed E-state index contributed by atoms with van der Waals surface area (Å²) in [6, 6.07) is 7.69. The van der Waals surface area contributed by atoms with Crippen LogP contribution >= 0.6 is 11.3 Å². The largest absolute Gasteiger partial charge is 0.485 e. The number of rotatable bonds is 5. The Balaban J connectivity index is 1.64.